The average molecular weight is 398 g/mol. The largest absolute Gasteiger partial charge is 0.497 e. The number of hydrogen-bond acceptors (Lipinski definition) is 5. The molecule has 0 aliphatic carbocycles. The Morgan fingerprint density at radius 2 is 1.71 bits per heavy atom. The van der Waals surface area contributed by atoms with Crippen molar-refractivity contribution in [3.63, 3.8) is 0 Å². The number of nitrogens with one attached hydrogen (secondary N) is 2. The summed E-state index contributed by atoms with van der Waals surface area (Å²) in [4.78, 5) is 12.3. The summed E-state index contributed by atoms with van der Waals surface area (Å²) >= 11 is 0. The minimum absolute atomic E-state index is 0.0735. The fourth-order valence-corrected chi connectivity index (χ4v) is 2.41. The van der Waals surface area contributed by atoms with Gasteiger partial charge in [-0.15, -0.1) is 0 Å². The number of carbonyl (C=O) groups is 1. The molecule has 0 fully saturated rings. The second-order valence-electron chi connectivity index (χ2n) is 5.61. The molecule has 6 nitrogen and oxygen atoms in total. The van der Waals surface area contributed by atoms with Crippen molar-refractivity contribution >= 4 is 17.3 Å². The van der Waals surface area contributed by atoms with E-state index in [0.29, 0.717) is 17.2 Å². The smallest absolute Gasteiger partial charge is 0.416 e. The molecule has 0 saturated heterocycles. The second kappa shape index (κ2) is 9.20. The summed E-state index contributed by atoms with van der Waals surface area (Å²) in [6.45, 7) is 1.71. The van der Waals surface area contributed by atoms with Crippen LogP contribution in [0.5, 0.6) is 17.2 Å². The maximum atomic E-state index is 13.0. The van der Waals surface area contributed by atoms with Gasteiger partial charge in [0.05, 0.1) is 44.3 Å². The fourth-order valence-electron chi connectivity index (χ4n) is 2.41. The molecule has 9 heteroatoms. The van der Waals surface area contributed by atoms with E-state index < -0.39 is 17.6 Å². The first-order chi connectivity index (χ1) is 13.3. The average Bonchev–Trinajstić information content (AvgIpc) is 2.66. The van der Waals surface area contributed by atoms with Crippen LogP contribution in [-0.2, 0) is 11.0 Å². The molecule has 2 rings (SSSR count). The van der Waals surface area contributed by atoms with E-state index in [1.165, 1.54) is 20.3 Å². The van der Waals surface area contributed by atoms with Crippen molar-refractivity contribution in [2.45, 2.75) is 13.1 Å². The number of ether oxygens (including phenoxy) is 3. The molecule has 0 heterocycles. The van der Waals surface area contributed by atoms with Crippen LogP contribution in [0.25, 0.3) is 0 Å². The Bertz CT molecular complexity index is 825. The monoisotopic (exact) mass is 398 g/mol. The topological polar surface area (TPSA) is 68.8 Å². The maximum Gasteiger partial charge on any atom is 0.416 e. The first-order valence-electron chi connectivity index (χ1n) is 8.38. The van der Waals surface area contributed by atoms with Crippen molar-refractivity contribution in [1.29, 1.82) is 0 Å². The molecule has 0 bridgehead atoms. The van der Waals surface area contributed by atoms with Gasteiger partial charge in [-0.1, -0.05) is 0 Å². The van der Waals surface area contributed by atoms with Gasteiger partial charge in [0.2, 0.25) is 5.91 Å². The van der Waals surface area contributed by atoms with Gasteiger partial charge < -0.3 is 24.8 Å². The van der Waals surface area contributed by atoms with Crippen LogP contribution in [0, 0.1) is 0 Å². The summed E-state index contributed by atoms with van der Waals surface area (Å²) in [5, 5.41) is 5.32. The molecular formula is C19H21F3N2O4. The zero-order chi connectivity index (χ0) is 20.7. The molecule has 0 saturated carbocycles. The Hall–Kier alpha value is -3.10. The number of alkyl halides is 3. The summed E-state index contributed by atoms with van der Waals surface area (Å²) in [5.74, 6) is 0.678. The molecule has 0 atom stereocenters. The van der Waals surface area contributed by atoms with Gasteiger partial charge in [0.25, 0.3) is 0 Å². The third-order valence-corrected chi connectivity index (χ3v) is 3.73. The molecule has 28 heavy (non-hydrogen) atoms. The number of carbonyl (C=O) groups excluding carboxylic acids is 1. The van der Waals surface area contributed by atoms with Crippen LogP contribution in [0.3, 0.4) is 0 Å². The predicted octanol–water partition coefficient (Wildman–Crippen LogP) is 4.17. The molecule has 2 N–H and O–H groups in total. The van der Waals surface area contributed by atoms with Crippen LogP contribution in [0.15, 0.2) is 36.4 Å². The highest BCUT2D eigenvalue weighted by Gasteiger charge is 2.31. The molecule has 0 unspecified atom stereocenters. The van der Waals surface area contributed by atoms with E-state index in [0.717, 1.165) is 12.1 Å². The Balaban J connectivity index is 2.14. The number of halogens is 3. The quantitative estimate of drug-likeness (QED) is 0.699. The van der Waals surface area contributed by atoms with E-state index in [1.54, 1.807) is 25.1 Å². The minimum atomic E-state index is -4.50. The molecule has 2 aromatic carbocycles. The Morgan fingerprint density at radius 1 is 1.00 bits per heavy atom. The first-order valence-corrected chi connectivity index (χ1v) is 8.38. The van der Waals surface area contributed by atoms with Gasteiger partial charge in [-0.05, 0) is 37.3 Å². The molecule has 152 valence electrons. The fraction of sp³-hybridized carbons (Fsp3) is 0.316. The van der Waals surface area contributed by atoms with Gasteiger partial charge in [0, 0.05) is 6.07 Å². The molecule has 0 aliphatic heterocycles. The summed E-state index contributed by atoms with van der Waals surface area (Å²) in [6, 6.07) is 7.93. The molecular weight excluding hydrogens is 377 g/mol. The lowest BCUT2D eigenvalue weighted by atomic mass is 10.1. The highest BCUT2D eigenvalue weighted by atomic mass is 19.4. The van der Waals surface area contributed by atoms with Crippen LogP contribution in [-0.4, -0.2) is 33.3 Å². The molecule has 0 aromatic heterocycles. The van der Waals surface area contributed by atoms with Crippen molar-refractivity contribution in [3.8, 4) is 17.2 Å². The number of hydrogen-bond donors (Lipinski definition) is 2. The minimum Gasteiger partial charge on any atom is -0.497 e. The highest BCUT2D eigenvalue weighted by Crippen LogP contribution is 2.35. The molecule has 1 amide bonds. The summed E-state index contributed by atoms with van der Waals surface area (Å²) in [7, 11) is 2.94. The SMILES string of the molecule is CCOc1ccc(C(F)(F)F)cc1NCC(=O)Nc1cc(OC)ccc1OC. The lowest BCUT2D eigenvalue weighted by Crippen LogP contribution is -2.22. The molecule has 0 spiro atoms. The normalized spacial score (nSPS) is 10.9. The van der Waals surface area contributed by atoms with Gasteiger partial charge in [0.1, 0.15) is 17.2 Å². The van der Waals surface area contributed by atoms with E-state index in [1.807, 2.05) is 0 Å². The summed E-state index contributed by atoms with van der Waals surface area (Å²) in [5.41, 5.74) is -0.388. The van der Waals surface area contributed by atoms with Crippen LogP contribution >= 0.6 is 0 Å². The predicted molar refractivity (Wildman–Crippen MR) is 99.3 cm³/mol. The lowest BCUT2D eigenvalue weighted by molar-refractivity contribution is -0.137. The second-order valence-corrected chi connectivity index (χ2v) is 5.61. The zero-order valence-electron chi connectivity index (χ0n) is 15.6. The van der Waals surface area contributed by atoms with Crippen molar-refractivity contribution < 1.29 is 32.2 Å². The van der Waals surface area contributed by atoms with Gasteiger partial charge in [0.15, 0.2) is 0 Å². The number of amides is 1. The molecule has 2 aromatic rings. The number of anilines is 2. The third kappa shape index (κ3) is 5.45. The van der Waals surface area contributed by atoms with E-state index in [9.17, 15) is 18.0 Å². The van der Waals surface area contributed by atoms with E-state index in [2.05, 4.69) is 10.6 Å². The Morgan fingerprint density at radius 3 is 2.32 bits per heavy atom. The Kier molecular flexibility index (Phi) is 6.97. The summed E-state index contributed by atoms with van der Waals surface area (Å²) < 4.78 is 54.5. The van der Waals surface area contributed by atoms with Crippen LogP contribution < -0.4 is 24.8 Å². The number of rotatable bonds is 8. The summed E-state index contributed by atoms with van der Waals surface area (Å²) in [6.07, 6.45) is -4.50. The standard InChI is InChI=1S/C19H21F3N2O4/c1-4-28-17-7-5-12(19(20,21)22)9-14(17)23-11-18(25)24-15-10-13(26-2)6-8-16(15)27-3/h5-10,23H,4,11H2,1-3H3,(H,24,25). The van der Waals surface area contributed by atoms with Crippen molar-refractivity contribution in [3.05, 3.63) is 42.0 Å². The van der Waals surface area contributed by atoms with E-state index in [4.69, 9.17) is 14.2 Å². The van der Waals surface area contributed by atoms with Crippen molar-refractivity contribution in [2.24, 2.45) is 0 Å². The van der Waals surface area contributed by atoms with E-state index >= 15 is 0 Å². The highest BCUT2D eigenvalue weighted by molar-refractivity contribution is 5.95. The van der Waals surface area contributed by atoms with Gasteiger partial charge in [-0.25, -0.2) is 0 Å². The van der Waals surface area contributed by atoms with Crippen LogP contribution in [0.2, 0.25) is 0 Å². The van der Waals surface area contributed by atoms with Crippen LogP contribution in [0.4, 0.5) is 24.5 Å². The van der Waals surface area contributed by atoms with E-state index in [-0.39, 0.29) is 24.6 Å². The Labute approximate surface area is 160 Å². The molecule has 0 radical (unpaired) electrons. The van der Waals surface area contributed by atoms with Crippen molar-refractivity contribution in [1.82, 2.24) is 0 Å². The van der Waals surface area contributed by atoms with Gasteiger partial charge in [-0.2, -0.15) is 13.2 Å². The third-order valence-electron chi connectivity index (χ3n) is 3.73. The van der Waals surface area contributed by atoms with Crippen molar-refractivity contribution in [2.75, 3.05) is 38.0 Å². The maximum absolute atomic E-state index is 13.0. The van der Waals surface area contributed by atoms with Gasteiger partial charge >= 0.3 is 6.18 Å². The lowest BCUT2D eigenvalue weighted by Gasteiger charge is -2.16. The van der Waals surface area contributed by atoms with Gasteiger partial charge in [-0.3, -0.25) is 4.79 Å². The first kappa shape index (κ1) is 21.2. The zero-order valence-corrected chi connectivity index (χ0v) is 15.6. The number of benzene rings is 2. The molecule has 0 aliphatic rings. The number of methoxy groups -OCH3 is 2. The van der Waals surface area contributed by atoms with Crippen LogP contribution in [0.1, 0.15) is 12.5 Å².